The molecule has 1 N–H and O–H groups in total. The number of amides is 1. The van der Waals surface area contributed by atoms with Crippen LogP contribution in [0.25, 0.3) is 0 Å². The van der Waals surface area contributed by atoms with E-state index in [0.29, 0.717) is 0 Å². The number of hydrogen-bond donors (Lipinski definition) is 1. The minimum Gasteiger partial charge on any atom is -0.295 e. The van der Waals surface area contributed by atoms with Gasteiger partial charge < -0.3 is 0 Å². The molecule has 1 aromatic rings. The van der Waals surface area contributed by atoms with Gasteiger partial charge in [0.15, 0.2) is 0 Å². The fourth-order valence-corrected chi connectivity index (χ4v) is 4.72. The second kappa shape index (κ2) is 4.96. The van der Waals surface area contributed by atoms with Crippen LogP contribution in [-0.4, -0.2) is 25.7 Å². The third kappa shape index (κ3) is 2.16. The van der Waals surface area contributed by atoms with Crippen LogP contribution in [0.1, 0.15) is 32.1 Å². The topological polar surface area (TPSA) is 49.4 Å². The smallest absolute Gasteiger partial charge is 0.255 e. The average molecular weight is 278 g/mol. The van der Waals surface area contributed by atoms with Crippen LogP contribution in [0.3, 0.4) is 0 Å². The van der Waals surface area contributed by atoms with Crippen molar-refractivity contribution < 1.29 is 9.00 Å². The molecule has 5 heteroatoms. The zero-order chi connectivity index (χ0) is 13.3. The van der Waals surface area contributed by atoms with Crippen molar-refractivity contribution in [2.45, 2.75) is 37.0 Å². The molecule has 1 amide bonds. The molecule has 1 aromatic carbocycles. The molecule has 0 bridgehead atoms. The van der Waals surface area contributed by atoms with Gasteiger partial charge in [0.1, 0.15) is 10.6 Å². The Kier molecular flexibility index (Phi) is 3.31. The maximum absolute atomic E-state index is 12.4. The SMILES string of the molecule is O=C1CS(=O)C2(CCCCC2)N1Nc1ccccc1. The fourth-order valence-electron chi connectivity index (χ4n) is 3.00. The minimum atomic E-state index is -1.09. The summed E-state index contributed by atoms with van der Waals surface area (Å²) in [5, 5.41) is 1.65. The lowest BCUT2D eigenvalue weighted by molar-refractivity contribution is -0.129. The van der Waals surface area contributed by atoms with Crippen LogP contribution >= 0.6 is 0 Å². The molecule has 2 fully saturated rings. The molecular weight excluding hydrogens is 260 g/mol. The quantitative estimate of drug-likeness (QED) is 0.903. The molecule has 1 saturated carbocycles. The number of carbonyl (C=O) groups is 1. The van der Waals surface area contributed by atoms with Crippen molar-refractivity contribution in [2.24, 2.45) is 0 Å². The highest BCUT2D eigenvalue weighted by Gasteiger charge is 2.52. The second-order valence-corrected chi connectivity index (χ2v) is 6.94. The van der Waals surface area contributed by atoms with Crippen molar-refractivity contribution >= 4 is 22.4 Å². The molecule has 1 aliphatic heterocycles. The van der Waals surface area contributed by atoms with Gasteiger partial charge in [-0.2, -0.15) is 0 Å². The number of nitrogens with zero attached hydrogens (tertiary/aromatic N) is 1. The summed E-state index contributed by atoms with van der Waals surface area (Å²) in [6, 6.07) is 9.63. The first-order valence-corrected chi connectivity index (χ1v) is 8.07. The number of rotatable bonds is 2. The molecule has 4 nitrogen and oxygen atoms in total. The molecule has 3 rings (SSSR count). The van der Waals surface area contributed by atoms with E-state index in [1.165, 1.54) is 6.42 Å². The van der Waals surface area contributed by atoms with Crippen molar-refractivity contribution in [1.82, 2.24) is 5.01 Å². The Bertz CT molecular complexity index is 497. The standard InChI is InChI=1S/C14H18N2O2S/c17-13-11-19(18)14(9-5-2-6-10-14)16(13)15-12-7-3-1-4-8-12/h1,3-4,7-8,15H,2,5-6,9-11H2. The number of anilines is 1. The Hall–Kier alpha value is -1.36. The third-order valence-corrected chi connectivity index (χ3v) is 5.93. The van der Waals surface area contributed by atoms with Gasteiger partial charge in [-0.05, 0) is 25.0 Å². The van der Waals surface area contributed by atoms with Crippen LogP contribution in [0.4, 0.5) is 5.69 Å². The van der Waals surface area contributed by atoms with Crippen LogP contribution in [0.2, 0.25) is 0 Å². The van der Waals surface area contributed by atoms with Gasteiger partial charge >= 0.3 is 0 Å². The van der Waals surface area contributed by atoms with E-state index < -0.39 is 15.7 Å². The van der Waals surface area contributed by atoms with Crippen molar-refractivity contribution in [3.8, 4) is 0 Å². The first kappa shape index (κ1) is 12.7. The fraction of sp³-hybridized carbons (Fsp3) is 0.500. The molecule has 1 spiro atoms. The molecule has 102 valence electrons. The molecule has 2 aliphatic rings. The minimum absolute atomic E-state index is 0.0518. The van der Waals surface area contributed by atoms with Gasteiger partial charge in [-0.15, -0.1) is 0 Å². The summed E-state index contributed by atoms with van der Waals surface area (Å²) in [6.45, 7) is 0. The van der Waals surface area contributed by atoms with Crippen LogP contribution in [0, 0.1) is 0 Å². The van der Waals surface area contributed by atoms with E-state index in [1.807, 2.05) is 30.3 Å². The third-order valence-electron chi connectivity index (χ3n) is 3.98. The summed E-state index contributed by atoms with van der Waals surface area (Å²) >= 11 is 0. The molecule has 1 saturated heterocycles. The van der Waals surface area contributed by atoms with E-state index in [2.05, 4.69) is 5.43 Å². The van der Waals surface area contributed by atoms with Crippen LogP contribution < -0.4 is 5.43 Å². The van der Waals surface area contributed by atoms with Gasteiger partial charge in [0.05, 0.1) is 16.5 Å². The predicted molar refractivity (Wildman–Crippen MR) is 75.7 cm³/mol. The molecule has 1 unspecified atom stereocenters. The number of para-hydroxylation sites is 1. The van der Waals surface area contributed by atoms with Gasteiger partial charge in [0.2, 0.25) is 0 Å². The highest BCUT2D eigenvalue weighted by atomic mass is 32.2. The Morgan fingerprint density at radius 2 is 1.79 bits per heavy atom. The highest BCUT2D eigenvalue weighted by Crippen LogP contribution is 2.40. The lowest BCUT2D eigenvalue weighted by atomic mass is 9.94. The van der Waals surface area contributed by atoms with E-state index in [4.69, 9.17) is 0 Å². The highest BCUT2D eigenvalue weighted by molar-refractivity contribution is 7.87. The number of carbonyl (C=O) groups excluding carboxylic acids is 1. The Morgan fingerprint density at radius 1 is 1.11 bits per heavy atom. The molecule has 19 heavy (non-hydrogen) atoms. The zero-order valence-corrected chi connectivity index (χ0v) is 11.6. The van der Waals surface area contributed by atoms with Gasteiger partial charge in [0, 0.05) is 0 Å². The van der Waals surface area contributed by atoms with Crippen molar-refractivity contribution in [1.29, 1.82) is 0 Å². The Balaban J connectivity index is 1.88. The van der Waals surface area contributed by atoms with Gasteiger partial charge in [0.25, 0.3) is 5.91 Å². The average Bonchev–Trinajstić information content (AvgIpc) is 2.66. The number of benzene rings is 1. The van der Waals surface area contributed by atoms with E-state index in [-0.39, 0.29) is 11.7 Å². The Labute approximate surface area is 115 Å². The van der Waals surface area contributed by atoms with E-state index in [1.54, 1.807) is 5.01 Å². The van der Waals surface area contributed by atoms with Gasteiger partial charge in [-0.3, -0.25) is 14.4 Å². The van der Waals surface area contributed by atoms with Crippen molar-refractivity contribution in [3.63, 3.8) is 0 Å². The molecule has 0 aromatic heterocycles. The summed E-state index contributed by atoms with van der Waals surface area (Å²) in [5.41, 5.74) is 4.05. The summed E-state index contributed by atoms with van der Waals surface area (Å²) in [5.74, 6) is 0.101. The monoisotopic (exact) mass is 278 g/mol. The lowest BCUT2D eigenvalue weighted by Gasteiger charge is -2.39. The van der Waals surface area contributed by atoms with Crippen LogP contribution in [0.5, 0.6) is 0 Å². The summed E-state index contributed by atoms with van der Waals surface area (Å²) in [6.07, 6.45) is 4.95. The summed E-state index contributed by atoms with van der Waals surface area (Å²) in [4.78, 5) is 11.7. The Morgan fingerprint density at radius 3 is 2.47 bits per heavy atom. The van der Waals surface area contributed by atoms with Crippen molar-refractivity contribution in [2.75, 3.05) is 11.2 Å². The first-order chi connectivity index (χ1) is 9.22. The summed E-state index contributed by atoms with van der Waals surface area (Å²) < 4.78 is 12.4. The number of nitrogens with one attached hydrogen (secondary N) is 1. The van der Waals surface area contributed by atoms with Gasteiger partial charge in [-0.1, -0.05) is 37.5 Å². The summed E-state index contributed by atoms with van der Waals surface area (Å²) in [7, 11) is -1.09. The maximum atomic E-state index is 12.4. The first-order valence-electron chi connectivity index (χ1n) is 6.76. The maximum Gasteiger partial charge on any atom is 0.255 e. The van der Waals surface area contributed by atoms with E-state index >= 15 is 0 Å². The molecule has 0 radical (unpaired) electrons. The number of hydrogen-bond acceptors (Lipinski definition) is 3. The molecule has 1 heterocycles. The van der Waals surface area contributed by atoms with Crippen LogP contribution in [0.15, 0.2) is 30.3 Å². The largest absolute Gasteiger partial charge is 0.295 e. The van der Waals surface area contributed by atoms with Crippen molar-refractivity contribution in [3.05, 3.63) is 30.3 Å². The normalized spacial score (nSPS) is 25.8. The molecular formula is C14H18N2O2S. The molecule has 1 aliphatic carbocycles. The van der Waals surface area contributed by atoms with E-state index in [0.717, 1.165) is 31.4 Å². The van der Waals surface area contributed by atoms with Gasteiger partial charge in [-0.25, -0.2) is 5.01 Å². The van der Waals surface area contributed by atoms with Crippen LogP contribution in [-0.2, 0) is 15.6 Å². The second-order valence-electron chi connectivity index (χ2n) is 5.20. The zero-order valence-electron chi connectivity index (χ0n) is 10.8. The number of hydrazine groups is 1. The molecule has 1 atom stereocenters. The lowest BCUT2D eigenvalue weighted by Crippen LogP contribution is -2.51. The predicted octanol–water partition coefficient (Wildman–Crippen LogP) is 2.26. The van der Waals surface area contributed by atoms with E-state index in [9.17, 15) is 9.00 Å².